The van der Waals surface area contributed by atoms with Crippen LogP contribution in [-0.4, -0.2) is 60.6 Å². The highest BCUT2D eigenvalue weighted by Crippen LogP contribution is 2.34. The lowest BCUT2D eigenvalue weighted by molar-refractivity contribution is -0.133. The van der Waals surface area contributed by atoms with Crippen LogP contribution < -0.4 is 9.64 Å². The summed E-state index contributed by atoms with van der Waals surface area (Å²) in [6.45, 7) is 4.11. The quantitative estimate of drug-likeness (QED) is 0.661. The van der Waals surface area contributed by atoms with E-state index in [9.17, 15) is 9.59 Å². The van der Waals surface area contributed by atoms with E-state index in [1.54, 1.807) is 19.1 Å². The minimum Gasteiger partial charge on any atom is -0.496 e. The van der Waals surface area contributed by atoms with Gasteiger partial charge in [0.2, 0.25) is 11.8 Å². The van der Waals surface area contributed by atoms with Crippen LogP contribution in [0.15, 0.2) is 24.3 Å². The SMILES string of the molecule is COCCC(=O)N1CCCC(c2nc(C)c3c(n2)N(Cc2ccccc2OC)C(=O)C3)C1. The Morgan fingerprint density at radius 2 is 2.03 bits per heavy atom. The molecule has 170 valence electrons. The number of rotatable bonds is 7. The zero-order valence-electron chi connectivity index (χ0n) is 19.0. The number of amides is 2. The molecule has 0 bridgehead atoms. The van der Waals surface area contributed by atoms with Gasteiger partial charge in [-0.1, -0.05) is 18.2 Å². The van der Waals surface area contributed by atoms with Crippen molar-refractivity contribution in [3.63, 3.8) is 0 Å². The molecule has 8 nitrogen and oxygen atoms in total. The molecule has 1 fully saturated rings. The first kappa shape index (κ1) is 22.2. The molecule has 1 aromatic heterocycles. The number of piperidine rings is 1. The maximum absolute atomic E-state index is 12.9. The molecule has 0 aliphatic carbocycles. The Balaban J connectivity index is 1.59. The molecule has 8 heteroatoms. The van der Waals surface area contributed by atoms with E-state index >= 15 is 0 Å². The molecule has 1 unspecified atom stereocenters. The van der Waals surface area contributed by atoms with Crippen LogP contribution in [-0.2, 0) is 27.3 Å². The second kappa shape index (κ2) is 9.65. The van der Waals surface area contributed by atoms with E-state index in [0.717, 1.165) is 42.0 Å². The standard InChI is InChI=1S/C24H30N4O4/c1-16-19-13-22(30)28(15-17-7-4-5-9-20(17)32-3)24(19)26-23(25-16)18-8-6-11-27(14-18)21(29)10-12-31-2/h4-5,7,9,18H,6,8,10-15H2,1-3H3. The van der Waals surface area contributed by atoms with Crippen molar-refractivity contribution in [2.75, 3.05) is 38.8 Å². The lowest BCUT2D eigenvalue weighted by Gasteiger charge is -2.32. The number of methoxy groups -OCH3 is 2. The molecule has 2 aliphatic rings. The summed E-state index contributed by atoms with van der Waals surface area (Å²) in [4.78, 5) is 38.6. The third-order valence-electron chi connectivity index (χ3n) is 6.27. The van der Waals surface area contributed by atoms with E-state index in [0.29, 0.717) is 44.2 Å². The van der Waals surface area contributed by atoms with Gasteiger partial charge in [0.05, 0.1) is 33.1 Å². The van der Waals surface area contributed by atoms with Gasteiger partial charge in [-0.25, -0.2) is 9.97 Å². The van der Waals surface area contributed by atoms with E-state index in [4.69, 9.17) is 19.4 Å². The summed E-state index contributed by atoms with van der Waals surface area (Å²) < 4.78 is 10.5. The van der Waals surface area contributed by atoms with Gasteiger partial charge in [0.1, 0.15) is 17.4 Å². The van der Waals surface area contributed by atoms with Crippen LogP contribution in [0.4, 0.5) is 5.82 Å². The molecular formula is C24H30N4O4. The van der Waals surface area contributed by atoms with Crippen molar-refractivity contribution in [3.05, 3.63) is 46.9 Å². The highest BCUT2D eigenvalue weighted by atomic mass is 16.5. The first-order chi connectivity index (χ1) is 15.5. The van der Waals surface area contributed by atoms with Crippen molar-refractivity contribution in [2.24, 2.45) is 0 Å². The first-order valence-corrected chi connectivity index (χ1v) is 11.1. The maximum Gasteiger partial charge on any atom is 0.233 e. The van der Waals surface area contributed by atoms with E-state index in [1.807, 2.05) is 36.1 Å². The van der Waals surface area contributed by atoms with Gasteiger partial charge in [-0.3, -0.25) is 14.5 Å². The Hall–Kier alpha value is -3.00. The van der Waals surface area contributed by atoms with Crippen molar-refractivity contribution in [1.82, 2.24) is 14.9 Å². The Kier molecular flexibility index (Phi) is 6.69. The second-order valence-corrected chi connectivity index (χ2v) is 8.36. The van der Waals surface area contributed by atoms with E-state index < -0.39 is 0 Å². The minimum atomic E-state index is 0.0143. The zero-order chi connectivity index (χ0) is 22.7. The fourth-order valence-corrected chi connectivity index (χ4v) is 4.51. The monoisotopic (exact) mass is 438 g/mol. The molecular weight excluding hydrogens is 408 g/mol. The van der Waals surface area contributed by atoms with Gasteiger partial charge < -0.3 is 14.4 Å². The molecule has 2 amide bonds. The molecule has 2 aliphatic heterocycles. The molecule has 1 atom stereocenters. The molecule has 32 heavy (non-hydrogen) atoms. The van der Waals surface area contributed by atoms with E-state index in [1.165, 1.54) is 0 Å². The van der Waals surface area contributed by atoms with Gasteiger partial charge in [-0.2, -0.15) is 0 Å². The van der Waals surface area contributed by atoms with Gasteiger partial charge >= 0.3 is 0 Å². The number of nitrogens with zero attached hydrogens (tertiary/aromatic N) is 4. The van der Waals surface area contributed by atoms with Crippen molar-refractivity contribution in [2.45, 2.75) is 45.1 Å². The van der Waals surface area contributed by atoms with Gasteiger partial charge in [0, 0.05) is 42.9 Å². The van der Waals surface area contributed by atoms with Crippen molar-refractivity contribution in [3.8, 4) is 5.75 Å². The molecule has 0 N–H and O–H groups in total. The van der Waals surface area contributed by atoms with Crippen LogP contribution in [0.2, 0.25) is 0 Å². The molecule has 2 aromatic rings. The summed E-state index contributed by atoms with van der Waals surface area (Å²) in [7, 11) is 3.23. The molecule has 0 radical (unpaired) electrons. The van der Waals surface area contributed by atoms with Crippen molar-refractivity contribution >= 4 is 17.6 Å². The van der Waals surface area contributed by atoms with Crippen molar-refractivity contribution < 1.29 is 19.1 Å². The third-order valence-corrected chi connectivity index (χ3v) is 6.27. The Morgan fingerprint density at radius 1 is 1.22 bits per heavy atom. The second-order valence-electron chi connectivity index (χ2n) is 8.36. The molecule has 3 heterocycles. The molecule has 0 saturated carbocycles. The van der Waals surface area contributed by atoms with Gasteiger partial charge in [-0.15, -0.1) is 0 Å². The topological polar surface area (TPSA) is 84.9 Å². The summed E-state index contributed by atoms with van der Waals surface area (Å²) in [5, 5.41) is 0. The third kappa shape index (κ3) is 4.46. The summed E-state index contributed by atoms with van der Waals surface area (Å²) in [5.74, 6) is 2.32. The number of carbonyl (C=O) groups excluding carboxylic acids is 2. The lowest BCUT2D eigenvalue weighted by atomic mass is 9.96. The number of aryl methyl sites for hydroxylation is 1. The summed E-state index contributed by atoms with van der Waals surface area (Å²) in [6.07, 6.45) is 2.52. The smallest absolute Gasteiger partial charge is 0.233 e. The summed E-state index contributed by atoms with van der Waals surface area (Å²) in [6, 6.07) is 7.71. The van der Waals surface area contributed by atoms with Crippen LogP contribution in [0.25, 0.3) is 0 Å². The normalized spacial score (nSPS) is 18.1. The number of aromatic nitrogens is 2. The van der Waals surface area contributed by atoms with Gasteiger partial charge in [0.25, 0.3) is 0 Å². The number of para-hydroxylation sites is 1. The van der Waals surface area contributed by atoms with Crippen LogP contribution >= 0.6 is 0 Å². The first-order valence-electron chi connectivity index (χ1n) is 11.1. The number of benzene rings is 1. The Labute approximate surface area is 188 Å². The number of hydrogen-bond acceptors (Lipinski definition) is 6. The number of anilines is 1. The Bertz CT molecular complexity index is 1010. The summed E-state index contributed by atoms with van der Waals surface area (Å²) >= 11 is 0. The molecule has 0 spiro atoms. The van der Waals surface area contributed by atoms with Crippen molar-refractivity contribution in [1.29, 1.82) is 0 Å². The number of fused-ring (bicyclic) bond motifs is 1. The summed E-state index contributed by atoms with van der Waals surface area (Å²) in [5.41, 5.74) is 2.66. The highest BCUT2D eigenvalue weighted by Gasteiger charge is 2.34. The zero-order valence-corrected chi connectivity index (χ0v) is 19.0. The minimum absolute atomic E-state index is 0.0143. The molecule has 4 rings (SSSR count). The molecule has 1 saturated heterocycles. The van der Waals surface area contributed by atoms with Crippen LogP contribution in [0, 0.1) is 6.92 Å². The fraction of sp³-hybridized carbons (Fsp3) is 0.500. The molecule has 1 aromatic carbocycles. The van der Waals surface area contributed by atoms with E-state index in [2.05, 4.69) is 0 Å². The number of hydrogen-bond donors (Lipinski definition) is 0. The average molecular weight is 439 g/mol. The van der Waals surface area contributed by atoms with E-state index in [-0.39, 0.29) is 17.7 Å². The van der Waals surface area contributed by atoms with Crippen LogP contribution in [0.1, 0.15) is 47.8 Å². The lowest BCUT2D eigenvalue weighted by Crippen LogP contribution is -2.40. The van der Waals surface area contributed by atoms with Crippen LogP contribution in [0.5, 0.6) is 5.75 Å². The predicted molar refractivity (Wildman–Crippen MR) is 120 cm³/mol. The fourth-order valence-electron chi connectivity index (χ4n) is 4.51. The van der Waals surface area contributed by atoms with Gasteiger partial charge in [-0.05, 0) is 25.8 Å². The van der Waals surface area contributed by atoms with Crippen LogP contribution in [0.3, 0.4) is 0 Å². The highest BCUT2D eigenvalue weighted by molar-refractivity contribution is 6.00. The Morgan fingerprint density at radius 3 is 2.81 bits per heavy atom. The van der Waals surface area contributed by atoms with Gasteiger partial charge in [0.15, 0.2) is 0 Å². The number of ether oxygens (including phenoxy) is 2. The maximum atomic E-state index is 12.9. The predicted octanol–water partition coefficient (Wildman–Crippen LogP) is 2.63. The number of likely N-dealkylation sites (tertiary alicyclic amines) is 1. The number of carbonyl (C=O) groups is 2. The average Bonchev–Trinajstić information content (AvgIpc) is 3.13. The largest absolute Gasteiger partial charge is 0.496 e.